The number of carbonyl (C=O) groups excluding carboxylic acids is 1. The van der Waals surface area contributed by atoms with Gasteiger partial charge in [-0.3, -0.25) is 4.79 Å². The number of nitrogens with one attached hydrogen (secondary N) is 4. The van der Waals surface area contributed by atoms with Gasteiger partial charge in [-0.25, -0.2) is 4.39 Å². The van der Waals surface area contributed by atoms with Crippen molar-refractivity contribution in [1.29, 1.82) is 0 Å². The fourth-order valence-electron chi connectivity index (χ4n) is 4.64. The fraction of sp³-hybridized carbons (Fsp3) is 0.467. The second-order valence-electron chi connectivity index (χ2n) is 10.1. The Kier molecular flexibility index (Phi) is 12.7. The summed E-state index contributed by atoms with van der Waals surface area (Å²) in [6.07, 6.45) is 6.15. The highest BCUT2D eigenvalue weighted by Crippen LogP contribution is 2.24. The van der Waals surface area contributed by atoms with E-state index in [1.54, 1.807) is 36.4 Å². The summed E-state index contributed by atoms with van der Waals surface area (Å²) in [6.45, 7) is 3.62. The first-order valence-corrected chi connectivity index (χ1v) is 14.6. The van der Waals surface area contributed by atoms with E-state index < -0.39 is 0 Å². The predicted octanol–water partition coefficient (Wildman–Crippen LogP) is 4.08. The van der Waals surface area contributed by atoms with Gasteiger partial charge in [-0.05, 0) is 43.0 Å². The zero-order valence-electron chi connectivity index (χ0n) is 23.9. The van der Waals surface area contributed by atoms with Crippen molar-refractivity contribution >= 4 is 29.4 Å². The molecule has 4 rings (SSSR count). The molecule has 2 aromatic carbocycles. The van der Waals surface area contributed by atoms with E-state index in [1.165, 1.54) is 38.2 Å². The summed E-state index contributed by atoms with van der Waals surface area (Å²) in [5.74, 6) is 1.09. The van der Waals surface area contributed by atoms with E-state index in [0.29, 0.717) is 80.1 Å². The van der Waals surface area contributed by atoms with Gasteiger partial charge < -0.3 is 36.5 Å². The van der Waals surface area contributed by atoms with Crippen LogP contribution in [-0.2, 0) is 16.0 Å². The van der Waals surface area contributed by atoms with Crippen molar-refractivity contribution in [1.82, 2.24) is 20.3 Å². The number of hydrogen-bond donors (Lipinski definition) is 5. The van der Waals surface area contributed by atoms with Crippen LogP contribution in [0.4, 0.5) is 27.9 Å². The average Bonchev–Trinajstić information content (AvgIpc) is 3.01. The third-order valence-corrected chi connectivity index (χ3v) is 6.85. The fourth-order valence-corrected chi connectivity index (χ4v) is 4.64. The number of rotatable bonds is 17. The van der Waals surface area contributed by atoms with Gasteiger partial charge in [0, 0.05) is 43.0 Å². The molecule has 0 atom stereocenters. The summed E-state index contributed by atoms with van der Waals surface area (Å²) < 4.78 is 24.9. The van der Waals surface area contributed by atoms with Crippen LogP contribution < -0.4 is 27.0 Å². The first kappa shape index (κ1) is 31.1. The SMILES string of the molecule is NCCOCCOCCNC(=O)c1cccc(Nc2nc(NCc3ccccc3F)nc(NCC3CCCCC3)n2)c1. The van der Waals surface area contributed by atoms with Crippen LogP contribution >= 0.6 is 0 Å². The van der Waals surface area contributed by atoms with Crippen LogP contribution in [0, 0.1) is 11.7 Å². The van der Waals surface area contributed by atoms with Crippen molar-refractivity contribution in [2.45, 2.75) is 38.6 Å². The van der Waals surface area contributed by atoms with E-state index in [4.69, 9.17) is 15.2 Å². The number of anilines is 4. The lowest BCUT2D eigenvalue weighted by Gasteiger charge is -2.21. The molecule has 6 N–H and O–H groups in total. The Labute approximate surface area is 246 Å². The molecule has 11 nitrogen and oxygen atoms in total. The summed E-state index contributed by atoms with van der Waals surface area (Å²) >= 11 is 0. The number of amides is 1. The topological polar surface area (TPSA) is 148 Å². The molecular weight excluding hydrogens is 539 g/mol. The Morgan fingerprint density at radius 1 is 0.881 bits per heavy atom. The van der Waals surface area contributed by atoms with Crippen LogP contribution in [0.1, 0.15) is 48.0 Å². The van der Waals surface area contributed by atoms with Crippen molar-refractivity contribution in [2.24, 2.45) is 11.7 Å². The van der Waals surface area contributed by atoms with E-state index in [0.717, 1.165) is 6.54 Å². The molecule has 1 heterocycles. The van der Waals surface area contributed by atoms with E-state index in [9.17, 15) is 9.18 Å². The van der Waals surface area contributed by atoms with Crippen LogP contribution in [0.3, 0.4) is 0 Å². The maximum Gasteiger partial charge on any atom is 0.251 e. The number of nitrogens with zero attached hydrogens (tertiary/aromatic N) is 3. The Bertz CT molecular complexity index is 1260. The number of nitrogens with two attached hydrogens (primary N) is 1. The van der Waals surface area contributed by atoms with Crippen molar-refractivity contribution in [2.75, 3.05) is 62.0 Å². The van der Waals surface area contributed by atoms with E-state index in [2.05, 4.69) is 36.2 Å². The summed E-state index contributed by atoms with van der Waals surface area (Å²) in [7, 11) is 0. The van der Waals surface area contributed by atoms with Gasteiger partial charge in [0.05, 0.1) is 26.4 Å². The van der Waals surface area contributed by atoms with Crippen LogP contribution in [-0.4, -0.2) is 66.9 Å². The zero-order chi connectivity index (χ0) is 29.4. The number of aromatic nitrogens is 3. The highest BCUT2D eigenvalue weighted by molar-refractivity contribution is 5.95. The predicted molar refractivity (Wildman–Crippen MR) is 161 cm³/mol. The van der Waals surface area contributed by atoms with Crippen LogP contribution in [0.25, 0.3) is 0 Å². The van der Waals surface area contributed by atoms with Gasteiger partial charge in [-0.2, -0.15) is 15.0 Å². The molecule has 1 aliphatic rings. The molecule has 1 aliphatic carbocycles. The molecular formula is C30H41FN8O3. The molecule has 0 radical (unpaired) electrons. The largest absolute Gasteiger partial charge is 0.378 e. The van der Waals surface area contributed by atoms with Gasteiger partial charge in [-0.15, -0.1) is 0 Å². The molecule has 0 unspecified atom stereocenters. The highest BCUT2D eigenvalue weighted by Gasteiger charge is 2.15. The molecule has 1 amide bonds. The standard InChI is InChI=1S/C30H41FN8O3/c31-26-12-5-4-9-24(26)21-35-29-37-28(34-20-22-7-2-1-3-8-22)38-30(39-29)36-25-11-6-10-23(19-25)27(40)33-14-16-42-18-17-41-15-13-32/h4-6,9-12,19,22H,1-3,7-8,13-18,20-21,32H2,(H,33,40)(H3,34,35,36,37,38,39). The van der Waals surface area contributed by atoms with Gasteiger partial charge >= 0.3 is 0 Å². The van der Waals surface area contributed by atoms with E-state index in [1.807, 2.05) is 6.07 Å². The quantitative estimate of drug-likeness (QED) is 0.148. The lowest BCUT2D eigenvalue weighted by molar-refractivity contribution is 0.0511. The van der Waals surface area contributed by atoms with Crippen molar-refractivity contribution in [3.05, 3.63) is 65.5 Å². The molecule has 0 spiro atoms. The number of benzene rings is 2. The third kappa shape index (κ3) is 10.5. The first-order chi connectivity index (χ1) is 20.6. The number of hydrogen-bond acceptors (Lipinski definition) is 10. The van der Waals surface area contributed by atoms with Gasteiger partial charge in [0.15, 0.2) is 0 Å². The zero-order valence-corrected chi connectivity index (χ0v) is 23.9. The monoisotopic (exact) mass is 580 g/mol. The van der Waals surface area contributed by atoms with Crippen molar-refractivity contribution < 1.29 is 18.7 Å². The second kappa shape index (κ2) is 17.2. The Balaban J connectivity index is 1.37. The first-order valence-electron chi connectivity index (χ1n) is 14.6. The van der Waals surface area contributed by atoms with Gasteiger partial charge in [-0.1, -0.05) is 43.5 Å². The molecule has 0 saturated heterocycles. The van der Waals surface area contributed by atoms with Gasteiger partial charge in [0.2, 0.25) is 17.8 Å². The minimum absolute atomic E-state index is 0.221. The Morgan fingerprint density at radius 3 is 2.40 bits per heavy atom. The Morgan fingerprint density at radius 2 is 1.62 bits per heavy atom. The van der Waals surface area contributed by atoms with E-state index >= 15 is 0 Å². The van der Waals surface area contributed by atoms with Crippen LogP contribution in [0.2, 0.25) is 0 Å². The summed E-state index contributed by atoms with van der Waals surface area (Å²) in [4.78, 5) is 26.3. The molecule has 1 saturated carbocycles. The molecule has 0 bridgehead atoms. The summed E-state index contributed by atoms with van der Waals surface area (Å²) in [5.41, 5.74) is 7.00. The minimum atomic E-state index is -0.300. The molecule has 3 aromatic rings. The highest BCUT2D eigenvalue weighted by atomic mass is 19.1. The molecule has 42 heavy (non-hydrogen) atoms. The summed E-state index contributed by atoms with van der Waals surface area (Å²) in [5, 5.41) is 12.5. The van der Waals surface area contributed by atoms with Crippen molar-refractivity contribution in [3.63, 3.8) is 0 Å². The smallest absolute Gasteiger partial charge is 0.251 e. The van der Waals surface area contributed by atoms with Crippen LogP contribution in [0.5, 0.6) is 0 Å². The molecule has 226 valence electrons. The second-order valence-corrected chi connectivity index (χ2v) is 10.1. The maximum absolute atomic E-state index is 14.2. The normalized spacial score (nSPS) is 13.5. The number of ether oxygens (including phenoxy) is 2. The molecule has 1 fully saturated rings. The van der Waals surface area contributed by atoms with Crippen LogP contribution in [0.15, 0.2) is 48.5 Å². The van der Waals surface area contributed by atoms with Gasteiger partial charge in [0.1, 0.15) is 5.82 Å². The molecule has 1 aromatic heterocycles. The average molecular weight is 581 g/mol. The van der Waals surface area contributed by atoms with E-state index in [-0.39, 0.29) is 18.3 Å². The molecule has 0 aliphatic heterocycles. The lowest BCUT2D eigenvalue weighted by atomic mass is 9.89. The minimum Gasteiger partial charge on any atom is -0.378 e. The maximum atomic E-state index is 14.2. The number of carbonyl (C=O) groups is 1. The molecule has 12 heteroatoms. The van der Waals surface area contributed by atoms with Gasteiger partial charge in [0.25, 0.3) is 5.91 Å². The van der Waals surface area contributed by atoms with Crippen molar-refractivity contribution in [3.8, 4) is 0 Å². The third-order valence-electron chi connectivity index (χ3n) is 6.85. The Hall–Kier alpha value is -3.87. The lowest BCUT2D eigenvalue weighted by Crippen LogP contribution is -2.27. The summed E-state index contributed by atoms with van der Waals surface area (Å²) in [6, 6.07) is 13.6. The number of halogens is 1.